The monoisotopic (exact) mass is 411 g/mol. The number of nitrogens with one attached hydrogen (secondary N) is 1. The lowest BCUT2D eigenvalue weighted by atomic mass is 10.1. The van der Waals surface area contributed by atoms with E-state index in [9.17, 15) is 9.59 Å². The van der Waals surface area contributed by atoms with Gasteiger partial charge in [-0.05, 0) is 55.1 Å². The van der Waals surface area contributed by atoms with Gasteiger partial charge in [0.15, 0.2) is 14.9 Å². The van der Waals surface area contributed by atoms with E-state index in [4.69, 9.17) is 17.0 Å². The number of amides is 1. The van der Waals surface area contributed by atoms with Crippen LogP contribution in [0.4, 0.5) is 0 Å². The van der Waals surface area contributed by atoms with Crippen molar-refractivity contribution < 1.29 is 14.3 Å². The SMILES string of the molecule is CSc1nn(-c2ccc(C(=O)OCC(=O)NCCC(C)C)cc2)c(=S)s1. The first kappa shape index (κ1) is 20.6. The van der Waals surface area contributed by atoms with Crippen molar-refractivity contribution in [1.29, 1.82) is 0 Å². The molecule has 0 unspecified atom stereocenters. The van der Waals surface area contributed by atoms with E-state index in [2.05, 4.69) is 24.3 Å². The van der Waals surface area contributed by atoms with Crippen LogP contribution in [0.15, 0.2) is 28.6 Å². The molecule has 0 aliphatic rings. The van der Waals surface area contributed by atoms with Gasteiger partial charge in [-0.1, -0.05) is 36.9 Å². The van der Waals surface area contributed by atoms with Gasteiger partial charge in [-0.15, -0.1) is 5.10 Å². The van der Waals surface area contributed by atoms with Gasteiger partial charge in [0.1, 0.15) is 0 Å². The van der Waals surface area contributed by atoms with Crippen LogP contribution in [0.3, 0.4) is 0 Å². The summed E-state index contributed by atoms with van der Waals surface area (Å²) in [5, 5.41) is 7.12. The summed E-state index contributed by atoms with van der Waals surface area (Å²) in [5.41, 5.74) is 1.14. The summed E-state index contributed by atoms with van der Waals surface area (Å²) >= 11 is 8.26. The first-order chi connectivity index (χ1) is 12.4. The second-order valence-electron chi connectivity index (χ2n) is 5.91. The van der Waals surface area contributed by atoms with Crippen LogP contribution in [0.2, 0.25) is 0 Å². The highest BCUT2D eigenvalue weighted by Crippen LogP contribution is 2.22. The van der Waals surface area contributed by atoms with Crippen molar-refractivity contribution >= 4 is 47.2 Å². The molecule has 0 radical (unpaired) electrons. The molecule has 0 fully saturated rings. The number of thioether (sulfide) groups is 1. The Morgan fingerprint density at radius 3 is 2.62 bits per heavy atom. The zero-order valence-corrected chi connectivity index (χ0v) is 17.3. The summed E-state index contributed by atoms with van der Waals surface area (Å²) in [7, 11) is 0. The molecule has 1 heterocycles. The Kier molecular flexibility index (Phi) is 7.80. The van der Waals surface area contributed by atoms with Gasteiger partial charge in [0, 0.05) is 6.54 Å². The number of rotatable bonds is 8. The Bertz CT molecular complexity index is 813. The Morgan fingerprint density at radius 1 is 1.35 bits per heavy atom. The van der Waals surface area contributed by atoms with Crippen LogP contribution < -0.4 is 5.32 Å². The van der Waals surface area contributed by atoms with Crippen LogP contribution in [0.5, 0.6) is 0 Å². The number of carbonyl (C=O) groups is 2. The van der Waals surface area contributed by atoms with Gasteiger partial charge in [-0.25, -0.2) is 9.48 Å². The lowest BCUT2D eigenvalue weighted by molar-refractivity contribution is -0.124. The van der Waals surface area contributed by atoms with Gasteiger partial charge >= 0.3 is 5.97 Å². The smallest absolute Gasteiger partial charge is 0.338 e. The number of nitrogens with zero attached hydrogens (tertiary/aromatic N) is 2. The Labute approximate surface area is 165 Å². The molecule has 2 aromatic rings. The molecule has 0 saturated heterocycles. The summed E-state index contributed by atoms with van der Waals surface area (Å²) in [6, 6.07) is 6.76. The third-order valence-corrected chi connectivity index (χ3v) is 5.64. The molecule has 0 bridgehead atoms. The van der Waals surface area contributed by atoms with Crippen molar-refractivity contribution in [1.82, 2.24) is 15.1 Å². The summed E-state index contributed by atoms with van der Waals surface area (Å²) < 4.78 is 8.22. The lowest BCUT2D eigenvalue weighted by Gasteiger charge is -2.08. The topological polar surface area (TPSA) is 73.2 Å². The van der Waals surface area contributed by atoms with Crippen LogP contribution in [0.1, 0.15) is 30.6 Å². The third kappa shape index (κ3) is 5.93. The molecule has 26 heavy (non-hydrogen) atoms. The largest absolute Gasteiger partial charge is 0.452 e. The minimum absolute atomic E-state index is 0.285. The second kappa shape index (κ2) is 9.84. The molecule has 2 rings (SSSR count). The van der Waals surface area contributed by atoms with Gasteiger partial charge in [-0.3, -0.25) is 4.79 Å². The summed E-state index contributed by atoms with van der Waals surface area (Å²) in [4.78, 5) is 23.7. The van der Waals surface area contributed by atoms with Crippen molar-refractivity contribution in [2.24, 2.45) is 5.92 Å². The van der Waals surface area contributed by atoms with Crippen molar-refractivity contribution in [3.8, 4) is 5.69 Å². The Hall–Kier alpha value is -1.71. The number of ether oxygens (including phenoxy) is 1. The van der Waals surface area contributed by atoms with Gasteiger partial charge in [0.2, 0.25) is 0 Å². The van der Waals surface area contributed by atoms with Crippen molar-refractivity contribution in [3.05, 3.63) is 33.8 Å². The normalized spacial score (nSPS) is 10.8. The molecule has 1 amide bonds. The van der Waals surface area contributed by atoms with Gasteiger partial charge in [0.25, 0.3) is 5.91 Å². The van der Waals surface area contributed by atoms with Gasteiger partial charge in [0.05, 0.1) is 11.3 Å². The van der Waals surface area contributed by atoms with Crippen molar-refractivity contribution in [3.63, 3.8) is 0 Å². The quantitative estimate of drug-likeness (QED) is 0.406. The van der Waals surface area contributed by atoms with E-state index in [1.807, 2.05) is 6.26 Å². The number of carbonyl (C=O) groups excluding carboxylic acids is 2. The van der Waals surface area contributed by atoms with Gasteiger partial charge in [-0.2, -0.15) is 0 Å². The predicted octanol–water partition coefficient (Wildman–Crippen LogP) is 3.70. The molecule has 0 spiro atoms. The first-order valence-corrected chi connectivity index (χ1v) is 10.5. The highest BCUT2D eigenvalue weighted by atomic mass is 32.2. The number of benzene rings is 1. The maximum Gasteiger partial charge on any atom is 0.338 e. The van der Waals surface area contributed by atoms with Crippen molar-refractivity contribution in [2.45, 2.75) is 24.6 Å². The zero-order valence-electron chi connectivity index (χ0n) is 14.9. The van der Waals surface area contributed by atoms with E-state index in [-0.39, 0.29) is 12.5 Å². The van der Waals surface area contributed by atoms with Gasteiger partial charge < -0.3 is 10.1 Å². The molecule has 1 aromatic carbocycles. The van der Waals surface area contributed by atoms with E-state index in [0.717, 1.165) is 16.4 Å². The highest BCUT2D eigenvalue weighted by Gasteiger charge is 2.11. The van der Waals surface area contributed by atoms with Crippen molar-refractivity contribution in [2.75, 3.05) is 19.4 Å². The summed E-state index contributed by atoms with van der Waals surface area (Å²) in [6.07, 6.45) is 2.83. The molecule has 1 N–H and O–H groups in total. The number of hydrogen-bond donors (Lipinski definition) is 1. The van der Waals surface area contributed by atoms with Crippen LogP contribution >= 0.6 is 35.3 Å². The molecule has 0 aliphatic heterocycles. The summed E-state index contributed by atoms with van der Waals surface area (Å²) in [6.45, 7) is 4.45. The molecular weight excluding hydrogens is 390 g/mol. The fraction of sp³-hybridized carbons (Fsp3) is 0.412. The standard InChI is InChI=1S/C17H21N3O3S3/c1-11(2)8-9-18-14(21)10-23-15(22)12-4-6-13(7-5-12)20-17(24)26-16(19-20)25-3/h4-7,11H,8-10H2,1-3H3,(H,18,21). The maximum absolute atomic E-state index is 12.0. The predicted molar refractivity (Wildman–Crippen MR) is 107 cm³/mol. The first-order valence-electron chi connectivity index (χ1n) is 8.09. The number of aromatic nitrogens is 2. The molecule has 1 aromatic heterocycles. The molecule has 0 aliphatic carbocycles. The van der Waals surface area contributed by atoms with Crippen LogP contribution in [0, 0.1) is 9.87 Å². The lowest BCUT2D eigenvalue weighted by Crippen LogP contribution is -2.30. The van der Waals surface area contributed by atoms with Crippen LogP contribution in [0.25, 0.3) is 5.69 Å². The number of esters is 1. The van der Waals surface area contributed by atoms with E-state index in [1.165, 1.54) is 23.1 Å². The van der Waals surface area contributed by atoms with Crippen LogP contribution in [-0.4, -0.2) is 41.1 Å². The zero-order chi connectivity index (χ0) is 19.1. The van der Waals surface area contributed by atoms with E-state index in [1.54, 1.807) is 28.9 Å². The average molecular weight is 412 g/mol. The average Bonchev–Trinajstić information content (AvgIpc) is 3.00. The Balaban J connectivity index is 1.91. The highest BCUT2D eigenvalue weighted by molar-refractivity contribution is 8.00. The van der Waals surface area contributed by atoms with E-state index in [0.29, 0.717) is 22.0 Å². The minimum Gasteiger partial charge on any atom is -0.452 e. The molecular formula is C17H21N3O3S3. The fourth-order valence-corrected chi connectivity index (χ4v) is 3.79. The van der Waals surface area contributed by atoms with Crippen LogP contribution in [-0.2, 0) is 9.53 Å². The molecule has 0 saturated carbocycles. The summed E-state index contributed by atoms with van der Waals surface area (Å²) in [5.74, 6) is -0.328. The molecule has 0 atom stereocenters. The van der Waals surface area contributed by atoms with E-state index < -0.39 is 5.97 Å². The molecule has 140 valence electrons. The Morgan fingerprint density at radius 2 is 2.04 bits per heavy atom. The fourth-order valence-electron chi connectivity index (χ4n) is 2.01. The number of hydrogen-bond acceptors (Lipinski definition) is 7. The maximum atomic E-state index is 12.0. The van der Waals surface area contributed by atoms with E-state index >= 15 is 0 Å². The molecule has 6 nitrogen and oxygen atoms in total. The molecule has 9 heteroatoms. The second-order valence-corrected chi connectivity index (χ2v) is 8.58. The minimum atomic E-state index is -0.540. The third-order valence-electron chi connectivity index (χ3n) is 3.43.